The van der Waals surface area contributed by atoms with Gasteiger partial charge in [-0.15, -0.1) is 0 Å². The molecule has 1 fully saturated rings. The molecule has 2 rings (SSSR count). The molecule has 0 spiro atoms. The van der Waals surface area contributed by atoms with Crippen molar-refractivity contribution < 1.29 is 0 Å². The van der Waals surface area contributed by atoms with Crippen molar-refractivity contribution in [3.8, 4) is 6.07 Å². The Kier molecular flexibility index (Phi) is 4.16. The maximum Gasteiger partial charge on any atom is 0.103 e. The SMILES string of the molecule is Cc1cc(NCCC2CCCN2)c(C#N)c(C)n1. The van der Waals surface area contributed by atoms with Gasteiger partial charge < -0.3 is 10.6 Å². The Morgan fingerprint density at radius 3 is 3.06 bits per heavy atom. The predicted octanol–water partition coefficient (Wildman–Crippen LogP) is 2.12. The molecule has 0 aliphatic carbocycles. The first-order valence-corrected chi connectivity index (χ1v) is 6.56. The summed E-state index contributed by atoms with van der Waals surface area (Å²) in [5.74, 6) is 0. The highest BCUT2D eigenvalue weighted by Gasteiger charge is 2.13. The van der Waals surface area contributed by atoms with E-state index in [1.54, 1.807) is 0 Å². The van der Waals surface area contributed by atoms with E-state index in [9.17, 15) is 0 Å². The molecule has 1 unspecified atom stereocenters. The van der Waals surface area contributed by atoms with Crippen molar-refractivity contribution in [1.82, 2.24) is 10.3 Å². The first kappa shape index (κ1) is 12.8. The molecule has 0 radical (unpaired) electrons. The van der Waals surface area contributed by atoms with Crippen LogP contribution in [0.3, 0.4) is 0 Å². The minimum absolute atomic E-state index is 0.632. The first-order chi connectivity index (χ1) is 8.70. The lowest BCUT2D eigenvalue weighted by Gasteiger charge is -2.13. The highest BCUT2D eigenvalue weighted by Crippen LogP contribution is 2.19. The van der Waals surface area contributed by atoms with Crippen LogP contribution in [0, 0.1) is 25.2 Å². The van der Waals surface area contributed by atoms with Gasteiger partial charge in [0.2, 0.25) is 0 Å². The molecular weight excluding hydrogens is 224 g/mol. The summed E-state index contributed by atoms with van der Waals surface area (Å²) >= 11 is 0. The molecule has 1 saturated heterocycles. The molecule has 2 N–H and O–H groups in total. The van der Waals surface area contributed by atoms with E-state index in [1.165, 1.54) is 12.8 Å². The minimum Gasteiger partial charge on any atom is -0.384 e. The van der Waals surface area contributed by atoms with Crippen LogP contribution in [0.15, 0.2) is 6.07 Å². The van der Waals surface area contributed by atoms with Crippen molar-refractivity contribution in [1.29, 1.82) is 5.26 Å². The molecule has 1 aliphatic heterocycles. The fourth-order valence-electron chi connectivity index (χ4n) is 2.49. The normalized spacial score (nSPS) is 18.6. The highest BCUT2D eigenvalue weighted by atomic mass is 15.0. The zero-order chi connectivity index (χ0) is 13.0. The van der Waals surface area contributed by atoms with E-state index in [0.29, 0.717) is 11.6 Å². The maximum atomic E-state index is 9.16. The third-order valence-corrected chi connectivity index (χ3v) is 3.41. The molecule has 18 heavy (non-hydrogen) atoms. The second kappa shape index (κ2) is 5.83. The Hall–Kier alpha value is -1.60. The second-order valence-corrected chi connectivity index (χ2v) is 4.89. The van der Waals surface area contributed by atoms with Gasteiger partial charge in [-0.1, -0.05) is 0 Å². The molecule has 1 aliphatic rings. The number of rotatable bonds is 4. The fourth-order valence-corrected chi connectivity index (χ4v) is 2.49. The number of nitrogens with zero attached hydrogens (tertiary/aromatic N) is 2. The zero-order valence-corrected chi connectivity index (χ0v) is 11.1. The van der Waals surface area contributed by atoms with E-state index in [0.717, 1.165) is 36.6 Å². The van der Waals surface area contributed by atoms with Gasteiger partial charge in [-0.25, -0.2) is 0 Å². The maximum absolute atomic E-state index is 9.16. The topological polar surface area (TPSA) is 60.7 Å². The fraction of sp³-hybridized carbons (Fsp3) is 0.571. The standard InChI is InChI=1S/C14H20N4/c1-10-8-14(13(9-15)11(2)18-10)17-7-5-12-4-3-6-16-12/h8,12,16H,3-7H2,1-2H3,(H,17,18). The number of nitrogens with one attached hydrogen (secondary N) is 2. The number of aryl methyl sites for hydroxylation is 2. The summed E-state index contributed by atoms with van der Waals surface area (Å²) in [5.41, 5.74) is 3.34. The van der Waals surface area contributed by atoms with Crippen molar-refractivity contribution in [2.45, 2.75) is 39.2 Å². The molecule has 96 valence electrons. The van der Waals surface area contributed by atoms with Crippen molar-refractivity contribution in [2.24, 2.45) is 0 Å². The van der Waals surface area contributed by atoms with Crippen molar-refractivity contribution in [3.05, 3.63) is 23.0 Å². The van der Waals surface area contributed by atoms with E-state index in [1.807, 2.05) is 19.9 Å². The lowest BCUT2D eigenvalue weighted by Crippen LogP contribution is -2.24. The summed E-state index contributed by atoms with van der Waals surface area (Å²) in [4.78, 5) is 4.32. The van der Waals surface area contributed by atoms with Gasteiger partial charge in [0.15, 0.2) is 0 Å². The van der Waals surface area contributed by atoms with E-state index < -0.39 is 0 Å². The van der Waals surface area contributed by atoms with E-state index in [2.05, 4.69) is 21.7 Å². The van der Waals surface area contributed by atoms with Gasteiger partial charge in [-0.05, 0) is 45.7 Å². The smallest absolute Gasteiger partial charge is 0.103 e. The van der Waals surface area contributed by atoms with Gasteiger partial charge in [0, 0.05) is 18.3 Å². The Labute approximate surface area is 108 Å². The third kappa shape index (κ3) is 2.99. The molecule has 2 heterocycles. The largest absolute Gasteiger partial charge is 0.384 e. The molecule has 0 bridgehead atoms. The van der Waals surface area contributed by atoms with Crippen LogP contribution in [0.2, 0.25) is 0 Å². The lowest BCUT2D eigenvalue weighted by atomic mass is 10.1. The number of hydrogen-bond acceptors (Lipinski definition) is 4. The zero-order valence-electron chi connectivity index (χ0n) is 11.1. The quantitative estimate of drug-likeness (QED) is 0.851. The second-order valence-electron chi connectivity index (χ2n) is 4.89. The summed E-state index contributed by atoms with van der Waals surface area (Å²) in [5, 5.41) is 16.0. The van der Waals surface area contributed by atoms with Crippen LogP contribution in [0.5, 0.6) is 0 Å². The molecular formula is C14H20N4. The lowest BCUT2D eigenvalue weighted by molar-refractivity contribution is 0.574. The number of nitriles is 1. The minimum atomic E-state index is 0.632. The van der Waals surface area contributed by atoms with Crippen LogP contribution < -0.4 is 10.6 Å². The van der Waals surface area contributed by atoms with Crippen LogP contribution in [0.25, 0.3) is 0 Å². The van der Waals surface area contributed by atoms with Crippen molar-refractivity contribution in [2.75, 3.05) is 18.4 Å². The van der Waals surface area contributed by atoms with Gasteiger partial charge >= 0.3 is 0 Å². The van der Waals surface area contributed by atoms with Gasteiger partial charge in [0.05, 0.1) is 16.9 Å². The van der Waals surface area contributed by atoms with Gasteiger partial charge in [-0.3, -0.25) is 4.98 Å². The predicted molar refractivity (Wildman–Crippen MR) is 72.6 cm³/mol. The molecule has 1 atom stereocenters. The monoisotopic (exact) mass is 244 g/mol. The van der Waals surface area contributed by atoms with E-state index >= 15 is 0 Å². The molecule has 0 saturated carbocycles. The summed E-state index contributed by atoms with van der Waals surface area (Å²) in [6.07, 6.45) is 3.65. The number of aromatic nitrogens is 1. The molecule has 1 aromatic rings. The Morgan fingerprint density at radius 2 is 2.39 bits per heavy atom. The Morgan fingerprint density at radius 1 is 1.56 bits per heavy atom. The molecule has 1 aromatic heterocycles. The van der Waals surface area contributed by atoms with E-state index in [4.69, 9.17) is 5.26 Å². The highest BCUT2D eigenvalue weighted by molar-refractivity contribution is 5.59. The van der Waals surface area contributed by atoms with Crippen molar-refractivity contribution in [3.63, 3.8) is 0 Å². The van der Waals surface area contributed by atoms with Gasteiger partial charge in [0.25, 0.3) is 0 Å². The van der Waals surface area contributed by atoms with E-state index in [-0.39, 0.29) is 0 Å². The average Bonchev–Trinajstić information content (AvgIpc) is 2.81. The summed E-state index contributed by atoms with van der Waals surface area (Å²) < 4.78 is 0. The van der Waals surface area contributed by atoms with Crippen LogP contribution in [0.1, 0.15) is 36.2 Å². The summed E-state index contributed by atoms with van der Waals surface area (Å²) in [7, 11) is 0. The third-order valence-electron chi connectivity index (χ3n) is 3.41. The molecule has 4 heteroatoms. The van der Waals surface area contributed by atoms with Gasteiger partial charge in [-0.2, -0.15) is 5.26 Å². The van der Waals surface area contributed by atoms with Crippen LogP contribution in [0.4, 0.5) is 5.69 Å². The van der Waals surface area contributed by atoms with Crippen LogP contribution in [-0.2, 0) is 0 Å². The molecule has 0 aromatic carbocycles. The van der Waals surface area contributed by atoms with Crippen LogP contribution >= 0.6 is 0 Å². The Balaban J connectivity index is 1.97. The number of hydrogen-bond donors (Lipinski definition) is 2. The Bertz CT molecular complexity index is 456. The molecule has 0 amide bonds. The van der Waals surface area contributed by atoms with Crippen LogP contribution in [-0.4, -0.2) is 24.1 Å². The first-order valence-electron chi connectivity index (χ1n) is 6.56. The molecule has 4 nitrogen and oxygen atoms in total. The van der Waals surface area contributed by atoms with Crippen molar-refractivity contribution >= 4 is 5.69 Å². The summed E-state index contributed by atoms with van der Waals surface area (Å²) in [6.45, 7) is 5.88. The number of pyridine rings is 1. The number of anilines is 1. The summed E-state index contributed by atoms with van der Waals surface area (Å²) in [6, 6.07) is 4.81. The average molecular weight is 244 g/mol. The van der Waals surface area contributed by atoms with Gasteiger partial charge in [0.1, 0.15) is 6.07 Å².